The van der Waals surface area contributed by atoms with Crippen molar-refractivity contribution >= 4 is 60.1 Å². The maximum atomic E-state index is 12.2. The van der Waals surface area contributed by atoms with Gasteiger partial charge in [-0.05, 0) is 6.42 Å². The van der Waals surface area contributed by atoms with Crippen molar-refractivity contribution in [3.63, 3.8) is 0 Å². The van der Waals surface area contributed by atoms with Crippen molar-refractivity contribution in [3.8, 4) is 0 Å². The fourth-order valence-electron chi connectivity index (χ4n) is 8.43. The molecule has 0 spiro atoms. The van der Waals surface area contributed by atoms with Crippen molar-refractivity contribution in [3.05, 3.63) is 12.7 Å². The fraction of sp³-hybridized carbons (Fsp3) is 0.778. The van der Waals surface area contributed by atoms with E-state index in [9.17, 15) is 20.4 Å². The van der Waals surface area contributed by atoms with Gasteiger partial charge in [-0.3, -0.25) is 32.5 Å². The zero-order valence-electron chi connectivity index (χ0n) is 37.3. The molecule has 0 aromatic heterocycles. The fourth-order valence-corrected chi connectivity index (χ4v) is 9.46. The molecule has 19 atom stereocenters. The summed E-state index contributed by atoms with van der Waals surface area (Å²) in [5.41, 5.74) is 34.2. The molecule has 4 aliphatic rings. The quantitative estimate of drug-likeness (QED) is 0.0149. The number of hydrogen-bond donors (Lipinski definition) is 23. The zero-order valence-corrected chi connectivity index (χ0v) is 39.0. The van der Waals surface area contributed by atoms with E-state index in [2.05, 4.69) is 51.1 Å². The molecule has 28 N–H and O–H groups in total. The standard InChI is InChI=1S/C36H70N18O12S2/c1-3-12-15(9-49-31(37)38)61-29(19(24(12)59-2)54-36(47)48)64-25-14(52-34(43)44)8-13(51-33(41)42)20(55)27(25)66-30-23(58)26(17(63-30)11-68-7-5-60-4-6-67)65-28-18(53-35(45)46)22(57)21(56)16(62-28)10-50-32(39)40/h3,12-30,55-58,67H,1,4-11H2,2H3,(H4,37,38,49)(H4,39,40,50)(H4,41,42,51)(H4,43,44,52)(H4,45,46,53)(H4,47,48,54)/t12-,13-,14?,15?,16?,17-,18-,19?,20?,21-,22?,23?,24?,25-,26?,27?,28?,29-,30+/m1/s1. The highest BCUT2D eigenvalue weighted by molar-refractivity contribution is 7.99. The van der Waals surface area contributed by atoms with E-state index in [-0.39, 0.29) is 31.2 Å². The SMILES string of the molecule is C=C[C@@H]1C(CNC(=N)N)O[C@H](O[C@@H]2C(NC(=N)N)C[C@@H](NC(=N)N)C(O)C2O[C@@H]2O[C@H](CSCCOCCS)C(OC3OC(CNC(=N)N)[C@@H](O)C(O)[C@H]3NC(=N)N)C2O)C(NC(=N)N)C1OC. The molecule has 4 fully saturated rings. The Morgan fingerprint density at radius 3 is 1.74 bits per heavy atom. The number of nitrogens with two attached hydrogens (primary N) is 6. The molecular weight excluding hydrogens is 941 g/mol. The summed E-state index contributed by atoms with van der Waals surface area (Å²) >= 11 is 5.52. The van der Waals surface area contributed by atoms with Crippen molar-refractivity contribution in [2.24, 2.45) is 40.3 Å². The van der Waals surface area contributed by atoms with Crippen LogP contribution in [-0.2, 0) is 37.9 Å². The average Bonchev–Trinajstić information content (AvgIpc) is 3.54. The van der Waals surface area contributed by atoms with Gasteiger partial charge in [-0.25, -0.2) is 0 Å². The third-order valence-corrected chi connectivity index (χ3v) is 12.6. The Balaban J connectivity index is 1.77. The largest absolute Gasteiger partial charge is 0.388 e. The molecule has 0 aromatic rings. The van der Waals surface area contributed by atoms with E-state index in [0.717, 1.165) is 0 Å². The maximum Gasteiger partial charge on any atom is 0.187 e. The number of nitrogens with one attached hydrogen (secondary N) is 12. The predicted octanol–water partition coefficient (Wildman–Crippen LogP) is -7.97. The van der Waals surface area contributed by atoms with E-state index in [4.69, 9.17) is 105 Å². The molecule has 11 unspecified atom stereocenters. The second-order valence-corrected chi connectivity index (χ2v) is 17.7. The van der Waals surface area contributed by atoms with Gasteiger partial charge < -0.3 is 125 Å². The van der Waals surface area contributed by atoms with E-state index in [1.807, 2.05) is 0 Å². The molecule has 0 radical (unpaired) electrons. The van der Waals surface area contributed by atoms with Gasteiger partial charge >= 0.3 is 0 Å². The van der Waals surface area contributed by atoms with Crippen LogP contribution in [-0.4, -0.2) is 217 Å². The van der Waals surface area contributed by atoms with Crippen molar-refractivity contribution in [2.45, 2.75) is 117 Å². The van der Waals surface area contributed by atoms with E-state index in [1.54, 1.807) is 6.08 Å². The molecule has 68 heavy (non-hydrogen) atoms. The van der Waals surface area contributed by atoms with Crippen LogP contribution < -0.4 is 66.3 Å². The molecule has 3 saturated heterocycles. The summed E-state index contributed by atoms with van der Waals surface area (Å²) in [7, 11) is 1.41. The van der Waals surface area contributed by atoms with Crippen LogP contribution in [0.3, 0.4) is 0 Å². The van der Waals surface area contributed by atoms with E-state index >= 15 is 0 Å². The van der Waals surface area contributed by atoms with Gasteiger partial charge in [0.15, 0.2) is 54.6 Å². The molecule has 4 rings (SSSR count). The lowest BCUT2D eigenvalue weighted by Gasteiger charge is -2.50. The van der Waals surface area contributed by atoms with Crippen LogP contribution >= 0.6 is 24.4 Å². The Kier molecular flexibility index (Phi) is 21.9. The monoisotopic (exact) mass is 1010 g/mol. The average molecular weight is 1010 g/mol. The summed E-state index contributed by atoms with van der Waals surface area (Å²) < 4.78 is 49.9. The summed E-state index contributed by atoms with van der Waals surface area (Å²) in [6, 6.07) is -4.58. The number of hydrogen-bond acceptors (Lipinski definition) is 20. The Labute approximate surface area is 402 Å². The third-order valence-electron chi connectivity index (χ3n) is 11.4. The molecular formula is C36H70N18O12S2. The number of methoxy groups -OCH3 is 1. The number of thiol groups is 1. The molecule has 3 aliphatic heterocycles. The Hall–Kier alpha value is -4.42. The lowest BCUT2D eigenvalue weighted by molar-refractivity contribution is -0.303. The predicted molar refractivity (Wildman–Crippen MR) is 251 cm³/mol. The van der Waals surface area contributed by atoms with Gasteiger partial charge in [0.25, 0.3) is 0 Å². The van der Waals surface area contributed by atoms with Gasteiger partial charge in [0.1, 0.15) is 60.9 Å². The zero-order chi connectivity index (χ0) is 50.4. The molecule has 3 heterocycles. The first-order chi connectivity index (χ1) is 32.2. The van der Waals surface area contributed by atoms with Crippen LogP contribution in [0.1, 0.15) is 6.42 Å². The van der Waals surface area contributed by atoms with E-state index < -0.39 is 146 Å². The summed E-state index contributed by atoms with van der Waals surface area (Å²) in [6.07, 6.45) is -18.1. The Bertz CT molecular complexity index is 1720. The highest BCUT2D eigenvalue weighted by Crippen LogP contribution is 2.37. The third kappa shape index (κ3) is 15.3. The molecule has 388 valence electrons. The van der Waals surface area contributed by atoms with Gasteiger partial charge in [0.05, 0.1) is 43.6 Å². The smallest absolute Gasteiger partial charge is 0.187 e. The van der Waals surface area contributed by atoms with Crippen molar-refractivity contribution < 1.29 is 58.3 Å². The summed E-state index contributed by atoms with van der Waals surface area (Å²) in [5, 5.41) is 110. The molecule has 32 heteroatoms. The van der Waals surface area contributed by atoms with Crippen molar-refractivity contribution in [1.29, 1.82) is 32.5 Å². The highest BCUT2D eigenvalue weighted by Gasteiger charge is 2.56. The summed E-state index contributed by atoms with van der Waals surface area (Å²) in [5.74, 6) is -2.48. The van der Waals surface area contributed by atoms with Crippen molar-refractivity contribution in [2.75, 3.05) is 50.7 Å². The first kappa shape index (κ1) is 56.2. The molecule has 1 saturated carbocycles. The van der Waals surface area contributed by atoms with Crippen LogP contribution in [0.2, 0.25) is 0 Å². The Morgan fingerprint density at radius 1 is 0.632 bits per heavy atom. The maximum absolute atomic E-state index is 12.2. The van der Waals surface area contributed by atoms with E-state index in [0.29, 0.717) is 24.7 Å². The van der Waals surface area contributed by atoms with Gasteiger partial charge in [0.2, 0.25) is 0 Å². The minimum Gasteiger partial charge on any atom is -0.388 e. The molecule has 0 bridgehead atoms. The van der Waals surface area contributed by atoms with Crippen LogP contribution in [0.25, 0.3) is 0 Å². The number of ether oxygens (including phenoxy) is 8. The molecule has 0 amide bonds. The second kappa shape index (κ2) is 26.5. The second-order valence-electron chi connectivity index (χ2n) is 16.1. The lowest BCUT2D eigenvalue weighted by Crippen LogP contribution is -2.70. The number of aliphatic hydroxyl groups excluding tert-OH is 4. The van der Waals surface area contributed by atoms with Crippen LogP contribution in [0, 0.1) is 38.4 Å². The van der Waals surface area contributed by atoms with E-state index in [1.165, 1.54) is 18.9 Å². The first-order valence-corrected chi connectivity index (χ1v) is 23.1. The number of rotatable bonds is 23. The van der Waals surface area contributed by atoms with Gasteiger partial charge in [-0.2, -0.15) is 24.4 Å². The normalized spacial score (nSPS) is 36.9. The molecule has 30 nitrogen and oxygen atoms in total. The Morgan fingerprint density at radius 2 is 1.16 bits per heavy atom. The van der Waals surface area contributed by atoms with Crippen LogP contribution in [0.4, 0.5) is 0 Å². The highest BCUT2D eigenvalue weighted by atomic mass is 32.2. The lowest BCUT2D eigenvalue weighted by atomic mass is 9.82. The molecule has 0 aromatic carbocycles. The van der Waals surface area contributed by atoms with Crippen LogP contribution in [0.15, 0.2) is 12.7 Å². The number of aliphatic hydroxyl groups is 4. The molecule has 1 aliphatic carbocycles. The minimum atomic E-state index is -1.74. The van der Waals surface area contributed by atoms with Gasteiger partial charge in [-0.1, -0.05) is 6.08 Å². The van der Waals surface area contributed by atoms with Gasteiger partial charge in [0, 0.05) is 43.4 Å². The van der Waals surface area contributed by atoms with Crippen LogP contribution in [0.5, 0.6) is 0 Å². The van der Waals surface area contributed by atoms with Crippen molar-refractivity contribution in [1.82, 2.24) is 31.9 Å². The topological polar surface area (TPSA) is 526 Å². The first-order valence-electron chi connectivity index (χ1n) is 21.4. The number of thioether (sulfide) groups is 1. The van der Waals surface area contributed by atoms with Gasteiger partial charge in [-0.15, -0.1) is 6.58 Å². The number of guanidine groups is 6. The summed E-state index contributed by atoms with van der Waals surface area (Å²) in [6.45, 7) is 4.37. The summed E-state index contributed by atoms with van der Waals surface area (Å²) in [4.78, 5) is 0. The minimum absolute atomic E-state index is 0.0346.